The van der Waals surface area contributed by atoms with Gasteiger partial charge in [-0.1, -0.05) is 151 Å². The first-order chi connectivity index (χ1) is 32.1. The van der Waals surface area contributed by atoms with Crippen LogP contribution in [0.3, 0.4) is 0 Å². The van der Waals surface area contributed by atoms with E-state index in [-0.39, 0.29) is 10.8 Å². The van der Waals surface area contributed by atoms with Gasteiger partial charge in [-0.05, 0) is 107 Å². The van der Waals surface area contributed by atoms with E-state index >= 15 is 0 Å². The molecule has 4 heterocycles. The van der Waals surface area contributed by atoms with Crippen LogP contribution in [0.1, 0.15) is 52.7 Å². The summed E-state index contributed by atoms with van der Waals surface area (Å²) >= 11 is 0. The van der Waals surface area contributed by atoms with Crippen molar-refractivity contribution >= 4 is 110 Å². The summed E-state index contributed by atoms with van der Waals surface area (Å²) in [6.45, 7) is 14.1. The first kappa shape index (κ1) is 38.6. The molecule has 13 rings (SSSR count). The van der Waals surface area contributed by atoms with E-state index < -0.39 is 0 Å². The minimum absolute atomic E-state index is 0.0586. The van der Waals surface area contributed by atoms with Crippen LogP contribution in [-0.2, 0) is 10.8 Å². The molecule has 0 aliphatic rings. The van der Waals surface area contributed by atoms with Gasteiger partial charge < -0.3 is 18.6 Å². The molecule has 318 valence electrons. The molecule has 0 aliphatic carbocycles. The van der Waals surface area contributed by atoms with Crippen LogP contribution in [0.5, 0.6) is 0 Å². The van der Waals surface area contributed by atoms with Gasteiger partial charge in [-0.3, -0.25) is 0 Å². The van der Waals surface area contributed by atoms with E-state index in [4.69, 9.17) is 0 Å². The summed E-state index contributed by atoms with van der Waals surface area (Å²) in [4.78, 5) is 4.90. The Morgan fingerprint density at radius 1 is 0.303 bits per heavy atom. The van der Waals surface area contributed by atoms with Crippen molar-refractivity contribution in [3.05, 3.63) is 205 Å². The molecule has 13 aromatic rings. The SMILES string of the molecule is CC(C)(C)c1cccc2c1c1ccc(N(c3ccccc3)c3ccccc3)c3c4cc5c(cc4n2c13)c1c(N(c2ccccc2)c2ccccc2)ccc2c3c(C(C)(C)C)cccc3n5c21. The number of anilines is 6. The Morgan fingerprint density at radius 2 is 0.636 bits per heavy atom. The van der Waals surface area contributed by atoms with Crippen LogP contribution in [-0.4, -0.2) is 8.80 Å². The molecule has 4 heteroatoms. The molecule has 9 aromatic carbocycles. The number of aromatic nitrogens is 2. The van der Waals surface area contributed by atoms with Crippen LogP contribution >= 0.6 is 0 Å². The second kappa shape index (κ2) is 13.8. The van der Waals surface area contributed by atoms with Gasteiger partial charge in [0, 0.05) is 65.8 Å². The highest BCUT2D eigenvalue weighted by molar-refractivity contribution is 6.33. The van der Waals surface area contributed by atoms with Gasteiger partial charge >= 0.3 is 0 Å². The smallest absolute Gasteiger partial charge is 0.0641 e. The lowest BCUT2D eigenvalue weighted by Gasteiger charge is -2.26. The van der Waals surface area contributed by atoms with Crippen molar-refractivity contribution in [2.24, 2.45) is 0 Å². The third-order valence-electron chi connectivity index (χ3n) is 14.2. The number of hydrogen-bond donors (Lipinski definition) is 0. The fourth-order valence-electron chi connectivity index (χ4n) is 11.5. The molecule has 0 atom stereocenters. The van der Waals surface area contributed by atoms with Crippen LogP contribution in [0, 0.1) is 0 Å². The van der Waals surface area contributed by atoms with E-state index in [0.717, 1.165) is 34.1 Å². The minimum Gasteiger partial charge on any atom is -0.310 e. The zero-order valence-corrected chi connectivity index (χ0v) is 38.3. The Balaban J connectivity index is 1.26. The maximum Gasteiger partial charge on any atom is 0.0641 e. The monoisotopic (exact) mass is 850 g/mol. The van der Waals surface area contributed by atoms with E-state index in [1.54, 1.807) is 0 Å². The Morgan fingerprint density at radius 3 is 0.955 bits per heavy atom. The molecule has 0 radical (unpaired) electrons. The summed E-state index contributed by atoms with van der Waals surface area (Å²) in [6, 6.07) is 71.9. The highest BCUT2D eigenvalue weighted by atomic mass is 15.2. The topological polar surface area (TPSA) is 15.3 Å². The Hall–Kier alpha value is -7.82. The molecule has 0 bridgehead atoms. The number of hydrogen-bond acceptors (Lipinski definition) is 2. The number of fused-ring (bicyclic) bond motifs is 12. The highest BCUT2D eigenvalue weighted by Crippen LogP contribution is 2.53. The van der Waals surface area contributed by atoms with Crippen LogP contribution < -0.4 is 9.80 Å². The second-order valence-corrected chi connectivity index (χ2v) is 20.2. The normalized spacial score (nSPS) is 12.7. The zero-order chi connectivity index (χ0) is 44.6. The number of nitrogens with zero attached hydrogens (tertiary/aromatic N) is 4. The van der Waals surface area contributed by atoms with Crippen molar-refractivity contribution in [2.75, 3.05) is 9.80 Å². The van der Waals surface area contributed by atoms with Crippen molar-refractivity contribution in [1.82, 2.24) is 8.80 Å². The molecule has 0 spiro atoms. The molecular formula is C62H50N4. The Labute approximate surface area is 384 Å². The maximum absolute atomic E-state index is 2.60. The minimum atomic E-state index is -0.0586. The number of benzene rings is 9. The van der Waals surface area contributed by atoms with Crippen LogP contribution in [0.4, 0.5) is 34.1 Å². The van der Waals surface area contributed by atoms with Crippen molar-refractivity contribution < 1.29 is 0 Å². The van der Waals surface area contributed by atoms with Crippen LogP contribution in [0.15, 0.2) is 194 Å². The summed E-state index contributed by atoms with van der Waals surface area (Å²) in [6.07, 6.45) is 0. The molecule has 0 fully saturated rings. The predicted molar refractivity (Wildman–Crippen MR) is 283 cm³/mol. The van der Waals surface area contributed by atoms with E-state index in [2.05, 4.69) is 254 Å². The third-order valence-corrected chi connectivity index (χ3v) is 14.2. The standard InChI is InChI=1S/C62H50N4/c1-61(2,3)47-29-19-31-49-55(47)43-33-35-51(63(39-21-11-7-12-22-39)40-23-13-8-14-24-40)57-45-38-54-46(37-53(45)65(49)59(43)57)58-52(64(41-25-15-9-16-26-41)42-27-17-10-18-28-42)36-34-44-56-48(62(4,5)6)30-20-32-50(56)66(54)60(44)58/h7-38H,1-6H3. The highest BCUT2D eigenvalue weighted by Gasteiger charge is 2.31. The lowest BCUT2D eigenvalue weighted by atomic mass is 9.84. The molecule has 66 heavy (non-hydrogen) atoms. The molecule has 0 unspecified atom stereocenters. The van der Waals surface area contributed by atoms with Gasteiger partial charge in [0.25, 0.3) is 0 Å². The van der Waals surface area contributed by atoms with Crippen LogP contribution in [0.25, 0.3) is 76.2 Å². The van der Waals surface area contributed by atoms with Crippen molar-refractivity contribution in [2.45, 2.75) is 52.4 Å². The summed E-state index contributed by atoms with van der Waals surface area (Å²) in [5.74, 6) is 0. The first-order valence-electron chi connectivity index (χ1n) is 23.3. The number of rotatable bonds is 6. The van der Waals surface area contributed by atoms with Gasteiger partial charge in [0.1, 0.15) is 0 Å². The van der Waals surface area contributed by atoms with E-state index in [1.807, 2.05) is 0 Å². The fraction of sp³-hybridized carbons (Fsp3) is 0.129. The van der Waals surface area contributed by atoms with Gasteiger partial charge in [-0.25, -0.2) is 0 Å². The summed E-state index contributed by atoms with van der Waals surface area (Å²) in [5.41, 5.74) is 16.8. The Kier molecular flexibility index (Phi) is 8.10. The van der Waals surface area contributed by atoms with Gasteiger partial charge in [0.2, 0.25) is 0 Å². The van der Waals surface area contributed by atoms with Crippen molar-refractivity contribution in [3.63, 3.8) is 0 Å². The predicted octanol–water partition coefficient (Wildman–Crippen LogP) is 17.5. The van der Waals surface area contributed by atoms with Gasteiger partial charge in [0.05, 0.1) is 44.5 Å². The average molecular weight is 851 g/mol. The van der Waals surface area contributed by atoms with Gasteiger partial charge in [-0.2, -0.15) is 0 Å². The van der Waals surface area contributed by atoms with Crippen molar-refractivity contribution in [3.8, 4) is 0 Å². The van der Waals surface area contributed by atoms with Crippen molar-refractivity contribution in [1.29, 1.82) is 0 Å². The van der Waals surface area contributed by atoms with Gasteiger partial charge in [-0.15, -0.1) is 0 Å². The molecule has 4 nitrogen and oxygen atoms in total. The molecule has 0 saturated heterocycles. The molecule has 0 aliphatic heterocycles. The van der Waals surface area contributed by atoms with Crippen LogP contribution in [0.2, 0.25) is 0 Å². The Bertz CT molecular complexity index is 3640. The third kappa shape index (κ3) is 5.39. The average Bonchev–Trinajstić information content (AvgIpc) is 4.06. The second-order valence-electron chi connectivity index (χ2n) is 20.2. The van der Waals surface area contributed by atoms with E-state index in [1.165, 1.54) is 87.3 Å². The largest absolute Gasteiger partial charge is 0.310 e. The molecule has 4 aromatic heterocycles. The van der Waals surface area contributed by atoms with E-state index in [9.17, 15) is 0 Å². The maximum atomic E-state index is 2.60. The molecule has 0 amide bonds. The number of para-hydroxylation sites is 4. The molecule has 0 saturated carbocycles. The zero-order valence-electron chi connectivity index (χ0n) is 38.3. The molecule has 0 N–H and O–H groups in total. The van der Waals surface area contributed by atoms with Gasteiger partial charge in [0.15, 0.2) is 0 Å². The summed E-state index contributed by atoms with van der Waals surface area (Å²) < 4.78 is 5.19. The first-order valence-corrected chi connectivity index (χ1v) is 23.3. The van der Waals surface area contributed by atoms with E-state index in [0.29, 0.717) is 0 Å². The molecular weight excluding hydrogens is 801 g/mol. The summed E-state index contributed by atoms with van der Waals surface area (Å²) in [5, 5.41) is 10.2. The quantitative estimate of drug-likeness (QED) is 0.166. The fourth-order valence-corrected chi connectivity index (χ4v) is 11.5. The lowest BCUT2D eigenvalue weighted by molar-refractivity contribution is 0.596. The lowest BCUT2D eigenvalue weighted by Crippen LogP contribution is -2.11. The summed E-state index contributed by atoms with van der Waals surface area (Å²) in [7, 11) is 0.